The van der Waals surface area contributed by atoms with Crippen LogP contribution >= 0.6 is 0 Å². The Kier molecular flexibility index (Phi) is 5.01. The molecule has 0 saturated carbocycles. The standard InChI is InChI=1S/C25H24N4O3/c1-4-22-28-23-15(2)11-16(3)26-24(23)29(22)13-17-5-8-19(9-6-17)27-25(30)18-7-10-20-21(12-18)32-14-31-20/h5-12H,4,13-14H2,1-3H3,(H,27,30). The summed E-state index contributed by atoms with van der Waals surface area (Å²) in [6.07, 6.45) is 0.832. The van der Waals surface area contributed by atoms with E-state index >= 15 is 0 Å². The number of nitrogens with zero attached hydrogens (tertiary/aromatic N) is 3. The molecule has 0 radical (unpaired) electrons. The van der Waals surface area contributed by atoms with Crippen molar-refractivity contribution in [1.82, 2.24) is 14.5 Å². The highest BCUT2D eigenvalue weighted by molar-refractivity contribution is 6.04. The molecule has 2 aromatic carbocycles. The number of ether oxygens (including phenoxy) is 2. The van der Waals surface area contributed by atoms with Gasteiger partial charge in [-0.15, -0.1) is 0 Å². The van der Waals surface area contributed by atoms with E-state index in [2.05, 4.69) is 29.8 Å². The lowest BCUT2D eigenvalue weighted by Crippen LogP contribution is -2.12. The van der Waals surface area contributed by atoms with Crippen LogP contribution in [0.25, 0.3) is 11.2 Å². The molecule has 0 unspecified atom stereocenters. The van der Waals surface area contributed by atoms with Crippen molar-refractivity contribution in [2.45, 2.75) is 33.7 Å². The van der Waals surface area contributed by atoms with Gasteiger partial charge >= 0.3 is 0 Å². The first kappa shape index (κ1) is 20.1. The summed E-state index contributed by atoms with van der Waals surface area (Å²) in [6.45, 7) is 7.04. The molecule has 2 aromatic heterocycles. The smallest absolute Gasteiger partial charge is 0.255 e. The molecule has 1 aliphatic rings. The Bertz CT molecular complexity index is 1330. The van der Waals surface area contributed by atoms with Gasteiger partial charge in [0.25, 0.3) is 5.91 Å². The summed E-state index contributed by atoms with van der Waals surface area (Å²) < 4.78 is 12.8. The Morgan fingerprint density at radius 2 is 1.81 bits per heavy atom. The van der Waals surface area contributed by atoms with Crippen molar-refractivity contribution >= 4 is 22.8 Å². The van der Waals surface area contributed by atoms with Gasteiger partial charge in [0.05, 0.1) is 6.54 Å². The molecule has 32 heavy (non-hydrogen) atoms. The minimum Gasteiger partial charge on any atom is -0.454 e. The summed E-state index contributed by atoms with van der Waals surface area (Å²) in [5.41, 5.74) is 6.36. The van der Waals surface area contributed by atoms with Crippen molar-refractivity contribution in [1.29, 1.82) is 0 Å². The average Bonchev–Trinajstić information content (AvgIpc) is 3.39. The Labute approximate surface area is 186 Å². The van der Waals surface area contributed by atoms with Gasteiger partial charge in [0.2, 0.25) is 6.79 Å². The number of aromatic nitrogens is 3. The number of aryl methyl sites for hydroxylation is 3. The van der Waals surface area contributed by atoms with E-state index in [1.807, 2.05) is 31.2 Å². The normalized spacial score (nSPS) is 12.3. The SMILES string of the molecule is CCc1nc2c(C)cc(C)nc2n1Cc1ccc(NC(=O)c2ccc3c(c2)OCO3)cc1. The minimum absolute atomic E-state index is 0.183. The lowest BCUT2D eigenvalue weighted by atomic mass is 10.1. The summed E-state index contributed by atoms with van der Waals surface area (Å²) in [6, 6.07) is 15.1. The highest BCUT2D eigenvalue weighted by Gasteiger charge is 2.17. The zero-order chi connectivity index (χ0) is 22.2. The summed E-state index contributed by atoms with van der Waals surface area (Å²) in [7, 11) is 0. The number of imidazole rings is 1. The molecule has 1 aliphatic heterocycles. The Morgan fingerprint density at radius 1 is 1.03 bits per heavy atom. The number of rotatable bonds is 5. The molecule has 1 N–H and O–H groups in total. The van der Waals surface area contributed by atoms with Crippen molar-refractivity contribution in [2.24, 2.45) is 0 Å². The number of pyridine rings is 1. The Balaban J connectivity index is 1.35. The maximum absolute atomic E-state index is 12.6. The molecule has 0 fully saturated rings. The summed E-state index contributed by atoms with van der Waals surface area (Å²) >= 11 is 0. The van der Waals surface area contributed by atoms with Gasteiger partial charge in [-0.25, -0.2) is 9.97 Å². The predicted molar refractivity (Wildman–Crippen MR) is 122 cm³/mol. The van der Waals surface area contributed by atoms with Crippen LogP contribution in [-0.4, -0.2) is 27.2 Å². The third-order valence-corrected chi connectivity index (χ3v) is 5.60. The first-order chi connectivity index (χ1) is 15.5. The van der Waals surface area contributed by atoms with Crippen LogP contribution < -0.4 is 14.8 Å². The predicted octanol–water partition coefficient (Wildman–Crippen LogP) is 4.64. The average molecular weight is 428 g/mol. The number of fused-ring (bicyclic) bond motifs is 2. The van der Waals surface area contributed by atoms with Crippen LogP contribution in [0.5, 0.6) is 11.5 Å². The van der Waals surface area contributed by atoms with Gasteiger partial charge in [0.1, 0.15) is 11.3 Å². The number of nitrogens with one attached hydrogen (secondary N) is 1. The third kappa shape index (κ3) is 3.66. The molecule has 5 rings (SSSR count). The van der Waals surface area contributed by atoms with Gasteiger partial charge in [-0.3, -0.25) is 4.79 Å². The van der Waals surface area contributed by atoms with Crippen LogP contribution in [0, 0.1) is 13.8 Å². The molecule has 0 spiro atoms. The van der Waals surface area contributed by atoms with Crippen molar-refractivity contribution < 1.29 is 14.3 Å². The number of amides is 1. The molecular weight excluding hydrogens is 404 g/mol. The molecule has 0 saturated heterocycles. The van der Waals surface area contributed by atoms with E-state index in [-0.39, 0.29) is 12.7 Å². The number of carbonyl (C=O) groups is 1. The molecule has 7 heteroatoms. The van der Waals surface area contributed by atoms with E-state index in [9.17, 15) is 4.79 Å². The van der Waals surface area contributed by atoms with Crippen LogP contribution in [0.2, 0.25) is 0 Å². The second-order valence-electron chi connectivity index (χ2n) is 7.94. The molecule has 7 nitrogen and oxygen atoms in total. The molecular formula is C25H24N4O3. The second kappa shape index (κ2) is 8.00. The first-order valence-electron chi connectivity index (χ1n) is 10.6. The largest absolute Gasteiger partial charge is 0.454 e. The summed E-state index contributed by atoms with van der Waals surface area (Å²) in [5, 5.41) is 2.94. The van der Waals surface area contributed by atoms with E-state index in [1.165, 1.54) is 0 Å². The fourth-order valence-corrected chi connectivity index (χ4v) is 4.00. The number of hydrogen-bond acceptors (Lipinski definition) is 5. The van der Waals surface area contributed by atoms with E-state index in [1.54, 1.807) is 18.2 Å². The maximum Gasteiger partial charge on any atom is 0.255 e. The van der Waals surface area contributed by atoms with Gasteiger partial charge in [0.15, 0.2) is 17.1 Å². The van der Waals surface area contributed by atoms with Crippen LogP contribution in [0.15, 0.2) is 48.5 Å². The highest BCUT2D eigenvalue weighted by Crippen LogP contribution is 2.32. The molecule has 4 aromatic rings. The number of hydrogen-bond donors (Lipinski definition) is 1. The van der Waals surface area contributed by atoms with Gasteiger partial charge in [0, 0.05) is 23.4 Å². The zero-order valence-electron chi connectivity index (χ0n) is 18.3. The quantitative estimate of drug-likeness (QED) is 0.501. The lowest BCUT2D eigenvalue weighted by Gasteiger charge is -2.10. The Morgan fingerprint density at radius 3 is 2.59 bits per heavy atom. The Hall–Kier alpha value is -3.87. The van der Waals surface area contributed by atoms with Crippen LogP contribution in [-0.2, 0) is 13.0 Å². The molecule has 0 atom stereocenters. The van der Waals surface area contributed by atoms with Gasteiger partial charge in [-0.2, -0.15) is 0 Å². The van der Waals surface area contributed by atoms with E-state index < -0.39 is 0 Å². The zero-order valence-corrected chi connectivity index (χ0v) is 18.3. The molecule has 0 bridgehead atoms. The van der Waals surface area contributed by atoms with Gasteiger partial charge < -0.3 is 19.4 Å². The monoisotopic (exact) mass is 428 g/mol. The summed E-state index contributed by atoms with van der Waals surface area (Å²) in [5.74, 6) is 2.07. The van der Waals surface area contributed by atoms with E-state index in [0.29, 0.717) is 23.6 Å². The molecule has 0 aliphatic carbocycles. The molecule has 1 amide bonds. The minimum atomic E-state index is -0.194. The number of carbonyl (C=O) groups excluding carboxylic acids is 1. The second-order valence-corrected chi connectivity index (χ2v) is 7.94. The van der Waals surface area contributed by atoms with Crippen LogP contribution in [0.1, 0.15) is 39.9 Å². The highest BCUT2D eigenvalue weighted by atomic mass is 16.7. The van der Waals surface area contributed by atoms with Gasteiger partial charge in [-0.1, -0.05) is 19.1 Å². The van der Waals surface area contributed by atoms with Crippen molar-refractivity contribution in [2.75, 3.05) is 12.1 Å². The maximum atomic E-state index is 12.6. The summed E-state index contributed by atoms with van der Waals surface area (Å²) in [4.78, 5) is 22.2. The molecule has 3 heterocycles. The third-order valence-electron chi connectivity index (χ3n) is 5.60. The number of benzene rings is 2. The van der Waals surface area contributed by atoms with Gasteiger partial charge in [-0.05, 0) is 61.4 Å². The van der Waals surface area contributed by atoms with E-state index in [4.69, 9.17) is 19.4 Å². The fourth-order valence-electron chi connectivity index (χ4n) is 4.00. The van der Waals surface area contributed by atoms with Crippen molar-refractivity contribution in [3.63, 3.8) is 0 Å². The fraction of sp³-hybridized carbons (Fsp3) is 0.240. The van der Waals surface area contributed by atoms with Crippen LogP contribution in [0.4, 0.5) is 5.69 Å². The van der Waals surface area contributed by atoms with Crippen LogP contribution in [0.3, 0.4) is 0 Å². The lowest BCUT2D eigenvalue weighted by molar-refractivity contribution is 0.102. The first-order valence-corrected chi connectivity index (χ1v) is 10.6. The van der Waals surface area contributed by atoms with E-state index in [0.717, 1.165) is 45.9 Å². The van der Waals surface area contributed by atoms with Crippen molar-refractivity contribution in [3.05, 3.63) is 76.7 Å². The number of anilines is 1. The van der Waals surface area contributed by atoms with Crippen molar-refractivity contribution in [3.8, 4) is 11.5 Å². The molecule has 162 valence electrons. The topological polar surface area (TPSA) is 78.3 Å².